The van der Waals surface area contributed by atoms with Crippen LogP contribution in [0.4, 0.5) is 0 Å². The largest absolute Gasteiger partial charge is 0.388 e. The summed E-state index contributed by atoms with van der Waals surface area (Å²) in [6, 6.07) is 6.23. The lowest BCUT2D eigenvalue weighted by Crippen LogP contribution is -2.48. The Morgan fingerprint density at radius 1 is 1.24 bits per heavy atom. The van der Waals surface area contributed by atoms with Crippen molar-refractivity contribution in [3.8, 4) is 0 Å². The van der Waals surface area contributed by atoms with Gasteiger partial charge in [0.05, 0.1) is 21.3 Å². The summed E-state index contributed by atoms with van der Waals surface area (Å²) in [5.74, 6) is -0.461. The van der Waals surface area contributed by atoms with Gasteiger partial charge < -0.3 is 10.4 Å². The first-order valence-corrected chi connectivity index (χ1v) is 10.4. The lowest BCUT2D eigenvalue weighted by Gasteiger charge is -2.41. The lowest BCUT2D eigenvalue weighted by molar-refractivity contribution is -0.0361. The SMILES string of the molecule is CC(C)S(=O)(=O)c1ccccc1C(=O)NCC1(O)CCCC(C)(C)C1. The third kappa shape index (κ3) is 4.61. The van der Waals surface area contributed by atoms with Crippen molar-refractivity contribution >= 4 is 15.7 Å². The van der Waals surface area contributed by atoms with Crippen LogP contribution in [0.5, 0.6) is 0 Å². The Morgan fingerprint density at radius 2 is 1.88 bits per heavy atom. The van der Waals surface area contributed by atoms with E-state index in [2.05, 4.69) is 19.2 Å². The van der Waals surface area contributed by atoms with Gasteiger partial charge in [-0.05, 0) is 57.1 Å². The maximum absolute atomic E-state index is 12.6. The fourth-order valence-corrected chi connectivity index (χ4v) is 4.85. The Kier molecular flexibility index (Phi) is 5.64. The van der Waals surface area contributed by atoms with Gasteiger partial charge in [0.1, 0.15) is 0 Å². The maximum Gasteiger partial charge on any atom is 0.252 e. The molecule has 5 nitrogen and oxygen atoms in total. The molecule has 0 spiro atoms. The number of hydrogen-bond acceptors (Lipinski definition) is 4. The van der Waals surface area contributed by atoms with Crippen molar-refractivity contribution in [3.05, 3.63) is 29.8 Å². The third-order valence-electron chi connectivity index (χ3n) is 4.94. The highest BCUT2D eigenvalue weighted by Gasteiger charge is 2.38. The molecule has 1 aliphatic rings. The predicted molar refractivity (Wildman–Crippen MR) is 98.3 cm³/mol. The summed E-state index contributed by atoms with van der Waals surface area (Å²) in [6.07, 6.45) is 3.23. The van der Waals surface area contributed by atoms with E-state index in [1.165, 1.54) is 12.1 Å². The zero-order valence-electron chi connectivity index (χ0n) is 15.5. The number of benzene rings is 1. The number of sulfone groups is 1. The molecule has 0 aliphatic heterocycles. The van der Waals surface area contributed by atoms with Crippen LogP contribution >= 0.6 is 0 Å². The zero-order valence-corrected chi connectivity index (χ0v) is 16.3. The number of carbonyl (C=O) groups is 1. The van der Waals surface area contributed by atoms with Crippen molar-refractivity contribution in [2.24, 2.45) is 5.41 Å². The Labute approximate surface area is 150 Å². The molecule has 1 saturated carbocycles. The molecule has 0 heterocycles. The molecule has 0 bridgehead atoms. The number of rotatable bonds is 5. The molecular weight excluding hydrogens is 338 g/mol. The molecule has 1 unspecified atom stereocenters. The van der Waals surface area contributed by atoms with E-state index in [4.69, 9.17) is 0 Å². The fourth-order valence-electron chi connectivity index (χ4n) is 3.61. The third-order valence-corrected chi connectivity index (χ3v) is 7.15. The van der Waals surface area contributed by atoms with Crippen molar-refractivity contribution in [2.45, 2.75) is 69.1 Å². The van der Waals surface area contributed by atoms with E-state index in [0.29, 0.717) is 12.8 Å². The van der Waals surface area contributed by atoms with Crippen LogP contribution in [0.25, 0.3) is 0 Å². The second-order valence-electron chi connectivity index (χ2n) is 8.19. The minimum atomic E-state index is -3.55. The highest BCUT2D eigenvalue weighted by Crippen LogP contribution is 2.40. The Balaban J connectivity index is 2.17. The molecule has 0 radical (unpaired) electrons. The topological polar surface area (TPSA) is 83.5 Å². The number of carbonyl (C=O) groups excluding carboxylic acids is 1. The molecule has 0 aromatic heterocycles. The lowest BCUT2D eigenvalue weighted by atomic mass is 9.70. The van der Waals surface area contributed by atoms with Crippen LogP contribution in [0.1, 0.15) is 63.7 Å². The quantitative estimate of drug-likeness (QED) is 0.838. The molecule has 1 atom stereocenters. The molecule has 1 aliphatic carbocycles. The molecule has 1 aromatic carbocycles. The monoisotopic (exact) mass is 367 g/mol. The number of nitrogens with one attached hydrogen (secondary N) is 1. The fraction of sp³-hybridized carbons (Fsp3) is 0.632. The van der Waals surface area contributed by atoms with Crippen molar-refractivity contribution in [1.82, 2.24) is 5.32 Å². The molecule has 1 amide bonds. The molecular formula is C19H29NO4S. The van der Waals surface area contributed by atoms with Gasteiger partial charge in [-0.25, -0.2) is 8.42 Å². The van der Waals surface area contributed by atoms with Gasteiger partial charge in [-0.2, -0.15) is 0 Å². The Bertz CT molecular complexity index is 740. The molecule has 0 saturated heterocycles. The van der Waals surface area contributed by atoms with Crippen LogP contribution in [0, 0.1) is 5.41 Å². The van der Waals surface area contributed by atoms with E-state index in [-0.39, 0.29) is 22.4 Å². The van der Waals surface area contributed by atoms with E-state index < -0.39 is 26.6 Å². The van der Waals surface area contributed by atoms with Gasteiger partial charge in [-0.3, -0.25) is 4.79 Å². The minimum absolute atomic E-state index is 0.0383. The second kappa shape index (κ2) is 7.08. The summed E-state index contributed by atoms with van der Waals surface area (Å²) < 4.78 is 25.0. The number of aliphatic hydroxyl groups is 1. The van der Waals surface area contributed by atoms with Gasteiger partial charge in [-0.15, -0.1) is 0 Å². The highest BCUT2D eigenvalue weighted by molar-refractivity contribution is 7.92. The standard InChI is InChI=1S/C19H29NO4S/c1-14(2)25(23,24)16-9-6-5-8-15(16)17(21)20-13-19(22)11-7-10-18(3,4)12-19/h5-6,8-9,14,22H,7,10-13H2,1-4H3,(H,20,21). The summed E-state index contributed by atoms with van der Waals surface area (Å²) in [4.78, 5) is 12.6. The average Bonchev–Trinajstić information content (AvgIpc) is 2.51. The normalized spacial score (nSPS) is 23.4. The summed E-state index contributed by atoms with van der Waals surface area (Å²) in [7, 11) is -3.55. The Hall–Kier alpha value is -1.40. The first-order chi connectivity index (χ1) is 11.5. The summed E-state index contributed by atoms with van der Waals surface area (Å²) in [5, 5.41) is 12.9. The number of hydrogen-bond donors (Lipinski definition) is 2. The maximum atomic E-state index is 12.6. The molecule has 2 N–H and O–H groups in total. The summed E-state index contributed by atoms with van der Waals surface area (Å²) >= 11 is 0. The highest BCUT2D eigenvalue weighted by atomic mass is 32.2. The van der Waals surface area contributed by atoms with Crippen LogP contribution in [0.3, 0.4) is 0 Å². The number of amides is 1. The van der Waals surface area contributed by atoms with Gasteiger partial charge >= 0.3 is 0 Å². The first kappa shape index (κ1) is 19.9. The van der Waals surface area contributed by atoms with Crippen LogP contribution in [0.15, 0.2) is 29.2 Å². The zero-order chi connectivity index (χ0) is 18.9. The minimum Gasteiger partial charge on any atom is -0.388 e. The van der Waals surface area contributed by atoms with Gasteiger partial charge in [0.15, 0.2) is 9.84 Å². The van der Waals surface area contributed by atoms with Crippen LogP contribution in [-0.4, -0.2) is 36.8 Å². The molecule has 2 rings (SSSR count). The van der Waals surface area contributed by atoms with Gasteiger partial charge in [0.25, 0.3) is 5.91 Å². The van der Waals surface area contributed by atoms with Crippen LogP contribution in [-0.2, 0) is 9.84 Å². The van der Waals surface area contributed by atoms with Crippen LogP contribution < -0.4 is 5.32 Å². The second-order valence-corrected chi connectivity index (χ2v) is 10.7. The van der Waals surface area contributed by atoms with Gasteiger partial charge in [0.2, 0.25) is 0 Å². The van der Waals surface area contributed by atoms with E-state index in [1.54, 1.807) is 26.0 Å². The molecule has 25 heavy (non-hydrogen) atoms. The van der Waals surface area contributed by atoms with E-state index in [1.807, 2.05) is 0 Å². The predicted octanol–water partition coefficient (Wildman–Crippen LogP) is 2.93. The van der Waals surface area contributed by atoms with E-state index in [0.717, 1.165) is 12.8 Å². The van der Waals surface area contributed by atoms with Crippen molar-refractivity contribution in [2.75, 3.05) is 6.54 Å². The molecule has 6 heteroatoms. The summed E-state index contributed by atoms with van der Waals surface area (Å²) in [5.41, 5.74) is -0.769. The summed E-state index contributed by atoms with van der Waals surface area (Å²) in [6.45, 7) is 7.55. The Morgan fingerprint density at radius 3 is 2.48 bits per heavy atom. The molecule has 1 fully saturated rings. The van der Waals surface area contributed by atoms with Gasteiger partial charge in [0, 0.05) is 6.54 Å². The smallest absolute Gasteiger partial charge is 0.252 e. The average molecular weight is 368 g/mol. The molecule has 1 aromatic rings. The molecule has 140 valence electrons. The first-order valence-electron chi connectivity index (χ1n) is 8.80. The van der Waals surface area contributed by atoms with E-state index >= 15 is 0 Å². The van der Waals surface area contributed by atoms with Crippen molar-refractivity contribution < 1.29 is 18.3 Å². The van der Waals surface area contributed by atoms with E-state index in [9.17, 15) is 18.3 Å². The van der Waals surface area contributed by atoms with Gasteiger partial charge in [-0.1, -0.05) is 26.0 Å². The van der Waals surface area contributed by atoms with Crippen molar-refractivity contribution in [3.63, 3.8) is 0 Å². The van der Waals surface area contributed by atoms with Crippen LogP contribution in [0.2, 0.25) is 0 Å². The van der Waals surface area contributed by atoms with Crippen molar-refractivity contribution in [1.29, 1.82) is 0 Å².